The number of carbonyl (C=O) groups is 1. The molecule has 0 aliphatic rings. The lowest BCUT2D eigenvalue weighted by Crippen LogP contribution is -2.31. The molecule has 0 saturated carbocycles. The minimum Gasteiger partial charge on any atom is -0.411 e. The van der Waals surface area contributed by atoms with E-state index in [1.807, 2.05) is 26.0 Å². The fraction of sp³-hybridized carbons (Fsp3) is 0.357. The first-order valence-electron chi connectivity index (χ1n) is 6.64. The van der Waals surface area contributed by atoms with Gasteiger partial charge >= 0.3 is 0 Å². The van der Waals surface area contributed by atoms with Crippen LogP contribution < -0.4 is 5.32 Å². The molecule has 1 N–H and O–H groups in total. The molecule has 0 aliphatic heterocycles. The minimum absolute atomic E-state index is 0.0342. The molecule has 0 spiro atoms. The molecule has 1 unspecified atom stereocenters. The standard InChI is InChI=1S/C14H16ClN3O2S/c1-3-8-16-12(19)9(2)21-14-18-17-13(20-14)10-4-6-11(15)7-5-10/h4-7,9H,3,8H2,1-2H3,(H,16,19). The van der Waals surface area contributed by atoms with Gasteiger partial charge in [0, 0.05) is 17.1 Å². The van der Waals surface area contributed by atoms with Crippen molar-refractivity contribution in [1.82, 2.24) is 15.5 Å². The maximum Gasteiger partial charge on any atom is 0.277 e. The molecule has 1 amide bonds. The third kappa shape index (κ3) is 4.47. The molecule has 2 rings (SSSR count). The number of rotatable bonds is 6. The summed E-state index contributed by atoms with van der Waals surface area (Å²) in [5, 5.41) is 11.5. The highest BCUT2D eigenvalue weighted by molar-refractivity contribution is 8.00. The molecule has 1 aromatic carbocycles. The van der Waals surface area contributed by atoms with Crippen LogP contribution in [0.5, 0.6) is 0 Å². The quantitative estimate of drug-likeness (QED) is 0.824. The second kappa shape index (κ2) is 7.47. The molecule has 1 aromatic heterocycles. The number of aromatic nitrogens is 2. The van der Waals surface area contributed by atoms with Gasteiger partial charge in [-0.1, -0.05) is 30.3 Å². The lowest BCUT2D eigenvalue weighted by Gasteiger charge is -2.08. The molecule has 0 saturated heterocycles. The van der Waals surface area contributed by atoms with Crippen LogP contribution in [0.25, 0.3) is 11.5 Å². The van der Waals surface area contributed by atoms with Gasteiger partial charge in [-0.3, -0.25) is 4.79 Å². The van der Waals surface area contributed by atoms with Crippen LogP contribution in [0.4, 0.5) is 0 Å². The summed E-state index contributed by atoms with van der Waals surface area (Å²) >= 11 is 7.08. The van der Waals surface area contributed by atoms with Crippen molar-refractivity contribution in [3.63, 3.8) is 0 Å². The largest absolute Gasteiger partial charge is 0.411 e. The second-order valence-electron chi connectivity index (χ2n) is 4.43. The van der Waals surface area contributed by atoms with Gasteiger partial charge in [-0.2, -0.15) is 0 Å². The predicted octanol–water partition coefficient (Wildman–Crippen LogP) is 3.40. The number of nitrogens with zero attached hydrogens (tertiary/aromatic N) is 2. The van der Waals surface area contributed by atoms with Crippen LogP contribution in [0.3, 0.4) is 0 Å². The Bertz CT molecular complexity index is 601. The van der Waals surface area contributed by atoms with Crippen molar-refractivity contribution in [2.75, 3.05) is 6.54 Å². The first-order chi connectivity index (χ1) is 10.1. The highest BCUT2D eigenvalue weighted by Gasteiger charge is 2.18. The van der Waals surface area contributed by atoms with E-state index in [2.05, 4.69) is 15.5 Å². The van der Waals surface area contributed by atoms with E-state index >= 15 is 0 Å². The second-order valence-corrected chi connectivity index (χ2v) is 6.16. The van der Waals surface area contributed by atoms with Crippen molar-refractivity contribution in [2.24, 2.45) is 0 Å². The Morgan fingerprint density at radius 3 is 2.76 bits per heavy atom. The average Bonchev–Trinajstić information content (AvgIpc) is 2.93. The van der Waals surface area contributed by atoms with E-state index in [-0.39, 0.29) is 11.2 Å². The zero-order valence-corrected chi connectivity index (χ0v) is 13.4. The van der Waals surface area contributed by atoms with Gasteiger partial charge in [-0.25, -0.2) is 0 Å². The van der Waals surface area contributed by atoms with Crippen LogP contribution in [0.2, 0.25) is 5.02 Å². The monoisotopic (exact) mass is 325 g/mol. The van der Waals surface area contributed by atoms with E-state index in [0.29, 0.717) is 22.7 Å². The molecule has 0 fully saturated rings. The fourth-order valence-electron chi connectivity index (χ4n) is 1.56. The van der Waals surface area contributed by atoms with Gasteiger partial charge in [0.05, 0.1) is 5.25 Å². The Morgan fingerprint density at radius 1 is 1.38 bits per heavy atom. The zero-order valence-electron chi connectivity index (χ0n) is 11.8. The third-order valence-corrected chi connectivity index (χ3v) is 3.88. The number of carbonyl (C=O) groups excluding carboxylic acids is 1. The van der Waals surface area contributed by atoms with Crippen LogP contribution in [-0.2, 0) is 4.79 Å². The maximum atomic E-state index is 11.8. The molecular weight excluding hydrogens is 310 g/mol. The summed E-state index contributed by atoms with van der Waals surface area (Å²) in [6.07, 6.45) is 0.907. The van der Waals surface area contributed by atoms with Crippen molar-refractivity contribution in [1.29, 1.82) is 0 Å². The third-order valence-electron chi connectivity index (χ3n) is 2.69. The number of nitrogens with one attached hydrogen (secondary N) is 1. The Balaban J connectivity index is 2.00. The van der Waals surface area contributed by atoms with Crippen LogP contribution in [0, 0.1) is 0 Å². The topological polar surface area (TPSA) is 68.0 Å². The SMILES string of the molecule is CCCNC(=O)C(C)Sc1nnc(-c2ccc(Cl)cc2)o1. The minimum atomic E-state index is -0.282. The highest BCUT2D eigenvalue weighted by atomic mass is 35.5. The van der Waals surface area contributed by atoms with Crippen LogP contribution in [0.1, 0.15) is 20.3 Å². The van der Waals surface area contributed by atoms with Crippen LogP contribution >= 0.6 is 23.4 Å². The van der Waals surface area contributed by atoms with Gasteiger partial charge in [0.25, 0.3) is 5.22 Å². The van der Waals surface area contributed by atoms with E-state index in [0.717, 1.165) is 12.0 Å². The molecule has 1 atom stereocenters. The molecule has 5 nitrogen and oxygen atoms in total. The number of amides is 1. The Kier molecular flexibility index (Phi) is 5.64. The van der Waals surface area contributed by atoms with E-state index in [1.54, 1.807) is 12.1 Å². The molecule has 0 bridgehead atoms. The van der Waals surface area contributed by atoms with Gasteiger partial charge < -0.3 is 9.73 Å². The Hall–Kier alpha value is -1.53. The van der Waals surface area contributed by atoms with Crippen LogP contribution in [0.15, 0.2) is 33.9 Å². The summed E-state index contributed by atoms with van der Waals surface area (Å²) in [5.74, 6) is 0.378. The van der Waals surface area contributed by atoms with Gasteiger partial charge in [0.2, 0.25) is 11.8 Å². The molecule has 1 heterocycles. The van der Waals surface area contributed by atoms with Crippen molar-refractivity contribution in [3.8, 4) is 11.5 Å². The average molecular weight is 326 g/mol. The summed E-state index contributed by atoms with van der Waals surface area (Å²) in [4.78, 5) is 11.8. The number of thioether (sulfide) groups is 1. The molecule has 112 valence electrons. The smallest absolute Gasteiger partial charge is 0.277 e. The maximum absolute atomic E-state index is 11.8. The first-order valence-corrected chi connectivity index (χ1v) is 7.89. The molecular formula is C14H16ClN3O2S. The molecule has 0 radical (unpaired) electrons. The van der Waals surface area contributed by atoms with E-state index < -0.39 is 0 Å². The summed E-state index contributed by atoms with van der Waals surface area (Å²) in [6.45, 7) is 4.49. The normalized spacial score (nSPS) is 12.1. The lowest BCUT2D eigenvalue weighted by atomic mass is 10.2. The molecule has 0 aliphatic carbocycles. The highest BCUT2D eigenvalue weighted by Crippen LogP contribution is 2.26. The Labute approximate surface area is 132 Å². The predicted molar refractivity (Wildman–Crippen MR) is 83.4 cm³/mol. The zero-order chi connectivity index (χ0) is 15.2. The Morgan fingerprint density at radius 2 is 2.10 bits per heavy atom. The fourth-order valence-corrected chi connectivity index (χ4v) is 2.40. The van der Waals surface area contributed by atoms with E-state index in [1.165, 1.54) is 11.8 Å². The van der Waals surface area contributed by atoms with Gasteiger partial charge in [0.15, 0.2) is 0 Å². The summed E-state index contributed by atoms with van der Waals surface area (Å²) in [7, 11) is 0. The van der Waals surface area contributed by atoms with Gasteiger partial charge in [0.1, 0.15) is 0 Å². The number of benzene rings is 1. The van der Waals surface area contributed by atoms with Crippen molar-refractivity contribution < 1.29 is 9.21 Å². The van der Waals surface area contributed by atoms with Gasteiger partial charge in [-0.05, 0) is 37.6 Å². The van der Waals surface area contributed by atoms with Crippen molar-refractivity contribution in [2.45, 2.75) is 30.7 Å². The van der Waals surface area contributed by atoms with Crippen molar-refractivity contribution in [3.05, 3.63) is 29.3 Å². The summed E-state index contributed by atoms with van der Waals surface area (Å²) < 4.78 is 5.55. The van der Waals surface area contributed by atoms with E-state index in [9.17, 15) is 4.79 Å². The molecule has 7 heteroatoms. The van der Waals surface area contributed by atoms with Crippen LogP contribution in [-0.4, -0.2) is 27.9 Å². The summed E-state index contributed by atoms with van der Waals surface area (Å²) in [5.41, 5.74) is 0.793. The number of halogens is 1. The summed E-state index contributed by atoms with van der Waals surface area (Å²) in [6, 6.07) is 7.13. The van der Waals surface area contributed by atoms with Crippen molar-refractivity contribution >= 4 is 29.3 Å². The molecule has 21 heavy (non-hydrogen) atoms. The first kappa shape index (κ1) is 15.9. The van der Waals surface area contributed by atoms with Gasteiger partial charge in [-0.15, -0.1) is 10.2 Å². The molecule has 2 aromatic rings. The van der Waals surface area contributed by atoms with E-state index in [4.69, 9.17) is 16.0 Å². The lowest BCUT2D eigenvalue weighted by molar-refractivity contribution is -0.120. The number of hydrogen-bond donors (Lipinski definition) is 1. The number of hydrogen-bond acceptors (Lipinski definition) is 5.